The lowest BCUT2D eigenvalue weighted by atomic mass is 10.0. The van der Waals surface area contributed by atoms with E-state index < -0.39 is 0 Å². The summed E-state index contributed by atoms with van der Waals surface area (Å²) in [7, 11) is 0. The van der Waals surface area contributed by atoms with Gasteiger partial charge in [-0.1, -0.05) is 24.3 Å². The number of rotatable bonds is 4. The fourth-order valence-electron chi connectivity index (χ4n) is 3.93. The molecule has 4 nitrogen and oxygen atoms in total. The Morgan fingerprint density at radius 2 is 2.12 bits per heavy atom. The summed E-state index contributed by atoms with van der Waals surface area (Å²) in [5.74, 6) is 0.292. The molecule has 2 aromatic rings. The second-order valence-electron chi connectivity index (χ2n) is 7.21. The summed E-state index contributed by atoms with van der Waals surface area (Å²) in [5.41, 5.74) is 1.80. The van der Waals surface area contributed by atoms with Gasteiger partial charge in [0.25, 0.3) is 5.91 Å². The smallest absolute Gasteiger partial charge is 0.254 e. The minimum atomic E-state index is 0.0118. The molecule has 1 aliphatic carbocycles. The van der Waals surface area contributed by atoms with Crippen molar-refractivity contribution in [2.45, 2.75) is 26.3 Å². The Morgan fingerprint density at radius 1 is 1.28 bits per heavy atom. The molecule has 1 saturated heterocycles. The van der Waals surface area contributed by atoms with Gasteiger partial charge in [-0.25, -0.2) is 0 Å². The number of benzene rings is 1. The van der Waals surface area contributed by atoms with Crippen LogP contribution in [-0.2, 0) is 11.3 Å². The van der Waals surface area contributed by atoms with Crippen molar-refractivity contribution in [1.82, 2.24) is 10.2 Å². The molecular formula is C20H22N2O2S. The third kappa shape index (κ3) is 3.09. The molecule has 5 heteroatoms. The van der Waals surface area contributed by atoms with Crippen LogP contribution in [0.25, 0.3) is 0 Å². The van der Waals surface area contributed by atoms with Crippen LogP contribution >= 0.6 is 11.3 Å². The Labute approximate surface area is 151 Å². The van der Waals surface area contributed by atoms with Crippen molar-refractivity contribution in [2.24, 2.45) is 11.3 Å². The maximum Gasteiger partial charge on any atom is 0.254 e. The quantitative estimate of drug-likeness (QED) is 0.916. The van der Waals surface area contributed by atoms with Gasteiger partial charge in [0.2, 0.25) is 5.91 Å². The van der Waals surface area contributed by atoms with E-state index in [1.165, 1.54) is 4.88 Å². The number of hydrogen-bond donors (Lipinski definition) is 1. The van der Waals surface area contributed by atoms with Crippen LogP contribution in [0, 0.1) is 18.3 Å². The third-order valence-electron chi connectivity index (χ3n) is 5.57. The molecule has 1 aromatic heterocycles. The van der Waals surface area contributed by atoms with Gasteiger partial charge in [0.15, 0.2) is 0 Å². The Bertz CT molecular complexity index is 802. The average Bonchev–Trinajstić information content (AvgIpc) is 2.96. The number of carbonyl (C=O) groups is 2. The fraction of sp³-hybridized carbons (Fsp3) is 0.400. The molecule has 1 aliphatic heterocycles. The van der Waals surface area contributed by atoms with E-state index in [9.17, 15) is 9.59 Å². The third-order valence-corrected chi connectivity index (χ3v) is 6.45. The van der Waals surface area contributed by atoms with Crippen molar-refractivity contribution >= 4 is 23.2 Å². The maximum absolute atomic E-state index is 12.8. The molecule has 25 heavy (non-hydrogen) atoms. The Hall–Kier alpha value is -2.14. The van der Waals surface area contributed by atoms with Crippen LogP contribution in [0.4, 0.5) is 0 Å². The van der Waals surface area contributed by atoms with Crippen LogP contribution in [0.2, 0.25) is 0 Å². The van der Waals surface area contributed by atoms with Gasteiger partial charge in [-0.15, -0.1) is 11.3 Å². The lowest BCUT2D eigenvalue weighted by molar-refractivity contribution is -0.123. The molecule has 2 fully saturated rings. The first kappa shape index (κ1) is 16.3. The Morgan fingerprint density at radius 3 is 2.88 bits per heavy atom. The number of nitrogens with one attached hydrogen (secondary N) is 1. The van der Waals surface area contributed by atoms with E-state index in [-0.39, 0.29) is 23.1 Å². The molecule has 4 rings (SSSR count). The first-order chi connectivity index (χ1) is 12.1. The summed E-state index contributed by atoms with van der Waals surface area (Å²) >= 11 is 1.66. The summed E-state index contributed by atoms with van der Waals surface area (Å²) in [6.07, 6.45) is 1.84. The Kier molecular flexibility index (Phi) is 4.12. The highest BCUT2D eigenvalue weighted by Crippen LogP contribution is 2.58. The highest BCUT2D eigenvalue weighted by atomic mass is 32.1. The molecule has 0 bridgehead atoms. The van der Waals surface area contributed by atoms with E-state index in [1.807, 2.05) is 53.6 Å². The molecule has 2 aliphatic rings. The molecule has 0 radical (unpaired) electrons. The Balaban J connectivity index is 1.36. The van der Waals surface area contributed by atoms with Crippen LogP contribution in [0.5, 0.6) is 0 Å². The maximum atomic E-state index is 12.8. The van der Waals surface area contributed by atoms with Crippen molar-refractivity contribution < 1.29 is 9.59 Å². The first-order valence-corrected chi connectivity index (χ1v) is 9.62. The minimum Gasteiger partial charge on any atom is -0.351 e. The topological polar surface area (TPSA) is 49.4 Å². The van der Waals surface area contributed by atoms with Gasteiger partial charge < -0.3 is 10.2 Å². The standard InChI is InChI=1S/C20H22N2O2S/c1-14-5-2-3-7-16(14)19(24)22-9-8-20(13-22)11-17(20)18(23)21-12-15-6-4-10-25-15/h2-7,10,17H,8-9,11-13H2,1H3,(H,21,23)/t17-,20+/m0/s1. The van der Waals surface area contributed by atoms with Crippen LogP contribution < -0.4 is 5.32 Å². The van der Waals surface area contributed by atoms with E-state index in [2.05, 4.69) is 5.32 Å². The number of amides is 2. The number of nitrogens with zero attached hydrogens (tertiary/aromatic N) is 1. The van der Waals surface area contributed by atoms with Crippen molar-refractivity contribution in [2.75, 3.05) is 13.1 Å². The molecule has 1 saturated carbocycles. The van der Waals surface area contributed by atoms with Crippen LogP contribution in [0.3, 0.4) is 0 Å². The van der Waals surface area contributed by atoms with Crippen LogP contribution in [0.15, 0.2) is 41.8 Å². The largest absolute Gasteiger partial charge is 0.351 e. The monoisotopic (exact) mass is 354 g/mol. The van der Waals surface area contributed by atoms with Crippen molar-refractivity contribution in [3.63, 3.8) is 0 Å². The van der Waals surface area contributed by atoms with Crippen LogP contribution in [-0.4, -0.2) is 29.8 Å². The highest BCUT2D eigenvalue weighted by molar-refractivity contribution is 7.09. The number of hydrogen-bond acceptors (Lipinski definition) is 3. The predicted octanol–water partition coefficient (Wildman–Crippen LogP) is 3.23. The van der Waals surface area contributed by atoms with Gasteiger partial charge in [-0.05, 0) is 42.8 Å². The molecule has 1 aromatic carbocycles. The summed E-state index contributed by atoms with van der Waals surface area (Å²) in [5, 5.41) is 5.07. The van der Waals surface area contributed by atoms with Gasteiger partial charge >= 0.3 is 0 Å². The number of thiophene rings is 1. The first-order valence-electron chi connectivity index (χ1n) is 8.74. The fourth-order valence-corrected chi connectivity index (χ4v) is 4.58. The van der Waals surface area contributed by atoms with Crippen LogP contribution in [0.1, 0.15) is 33.6 Å². The predicted molar refractivity (Wildman–Crippen MR) is 98.4 cm³/mol. The minimum absolute atomic E-state index is 0.0118. The molecule has 130 valence electrons. The summed E-state index contributed by atoms with van der Waals surface area (Å²) in [6, 6.07) is 11.7. The van der Waals surface area contributed by atoms with Crippen molar-refractivity contribution in [1.29, 1.82) is 0 Å². The SMILES string of the molecule is Cc1ccccc1C(=O)N1CC[C@@]2(C[C@H]2C(=O)NCc2cccs2)C1. The molecule has 2 amide bonds. The van der Waals surface area contributed by atoms with Gasteiger partial charge in [0.1, 0.15) is 0 Å². The molecular weight excluding hydrogens is 332 g/mol. The van der Waals surface area contributed by atoms with Gasteiger partial charge in [-0.2, -0.15) is 0 Å². The number of likely N-dealkylation sites (tertiary alicyclic amines) is 1. The lowest BCUT2D eigenvalue weighted by Gasteiger charge is -2.18. The van der Waals surface area contributed by atoms with E-state index in [4.69, 9.17) is 0 Å². The lowest BCUT2D eigenvalue weighted by Crippen LogP contribution is -2.31. The molecule has 2 atom stereocenters. The zero-order valence-electron chi connectivity index (χ0n) is 14.3. The second kappa shape index (κ2) is 6.30. The molecule has 0 unspecified atom stereocenters. The molecule has 2 heterocycles. The van der Waals surface area contributed by atoms with E-state index in [0.717, 1.165) is 30.5 Å². The van der Waals surface area contributed by atoms with E-state index >= 15 is 0 Å². The van der Waals surface area contributed by atoms with E-state index in [1.54, 1.807) is 11.3 Å². The summed E-state index contributed by atoms with van der Waals surface area (Å²) < 4.78 is 0. The van der Waals surface area contributed by atoms with Crippen molar-refractivity contribution in [3.05, 3.63) is 57.8 Å². The summed E-state index contributed by atoms with van der Waals surface area (Å²) in [4.78, 5) is 28.3. The molecule has 1 N–H and O–H groups in total. The van der Waals surface area contributed by atoms with Gasteiger partial charge in [0, 0.05) is 34.9 Å². The number of carbonyl (C=O) groups excluding carboxylic acids is 2. The normalized spacial score (nSPS) is 24.5. The second-order valence-corrected chi connectivity index (χ2v) is 8.24. The highest BCUT2D eigenvalue weighted by Gasteiger charge is 2.61. The van der Waals surface area contributed by atoms with Crippen molar-refractivity contribution in [3.8, 4) is 0 Å². The van der Waals surface area contributed by atoms with E-state index in [0.29, 0.717) is 13.1 Å². The number of aryl methyl sites for hydroxylation is 1. The van der Waals surface area contributed by atoms with Gasteiger partial charge in [0.05, 0.1) is 6.54 Å². The average molecular weight is 354 g/mol. The van der Waals surface area contributed by atoms with Gasteiger partial charge in [-0.3, -0.25) is 9.59 Å². The summed E-state index contributed by atoms with van der Waals surface area (Å²) in [6.45, 7) is 4.03. The zero-order valence-corrected chi connectivity index (χ0v) is 15.1. The molecule has 1 spiro atoms. The zero-order chi connectivity index (χ0) is 17.4.